The van der Waals surface area contributed by atoms with E-state index in [0.717, 1.165) is 70.0 Å². The number of carbonyl (C=O) groups excluding carboxylic acids is 1. The number of carbonyl (C=O) groups is 1. The van der Waals surface area contributed by atoms with Crippen LogP contribution in [-0.2, 0) is 16.0 Å². The number of nitrogens with one attached hydrogen (secondary N) is 1. The van der Waals surface area contributed by atoms with E-state index in [-0.39, 0.29) is 11.9 Å². The van der Waals surface area contributed by atoms with Crippen LogP contribution < -0.4 is 5.32 Å². The fourth-order valence-corrected chi connectivity index (χ4v) is 2.95. The van der Waals surface area contributed by atoms with E-state index in [1.54, 1.807) is 6.26 Å². The zero-order valence-corrected chi connectivity index (χ0v) is 15.5. The minimum absolute atomic E-state index is 0.0243. The van der Waals surface area contributed by atoms with E-state index < -0.39 is 0 Å². The van der Waals surface area contributed by atoms with Crippen molar-refractivity contribution in [2.75, 3.05) is 32.8 Å². The van der Waals surface area contributed by atoms with E-state index in [1.807, 2.05) is 19.1 Å². The Hall–Kier alpha value is -1.98. The number of nitrogens with zero attached hydrogens (tertiary/aromatic N) is 2. The van der Waals surface area contributed by atoms with Gasteiger partial charge in [-0.3, -0.25) is 9.79 Å². The molecule has 0 spiro atoms. The summed E-state index contributed by atoms with van der Waals surface area (Å²) >= 11 is 0. The van der Waals surface area contributed by atoms with Gasteiger partial charge in [0.2, 0.25) is 0 Å². The Morgan fingerprint density at radius 3 is 2.84 bits per heavy atom. The highest BCUT2D eigenvalue weighted by atomic mass is 16.5. The van der Waals surface area contributed by atoms with Gasteiger partial charge in [-0.2, -0.15) is 0 Å². The second-order valence-electron chi connectivity index (χ2n) is 6.33. The van der Waals surface area contributed by atoms with Gasteiger partial charge in [0.1, 0.15) is 5.76 Å². The molecule has 1 aliphatic heterocycles. The lowest BCUT2D eigenvalue weighted by Crippen LogP contribution is -2.47. The number of aliphatic imine (C=N–C) groups is 1. The van der Waals surface area contributed by atoms with Crippen LogP contribution in [0.3, 0.4) is 0 Å². The summed E-state index contributed by atoms with van der Waals surface area (Å²) in [5.41, 5.74) is 0. The van der Waals surface area contributed by atoms with Gasteiger partial charge in [0.25, 0.3) is 0 Å². The molecule has 1 aliphatic rings. The molecule has 2 rings (SSSR count). The molecule has 140 valence electrons. The van der Waals surface area contributed by atoms with E-state index in [1.165, 1.54) is 0 Å². The molecule has 0 bridgehead atoms. The first-order chi connectivity index (χ1) is 12.2. The van der Waals surface area contributed by atoms with Crippen LogP contribution in [0.15, 0.2) is 27.8 Å². The van der Waals surface area contributed by atoms with Crippen LogP contribution in [0.25, 0.3) is 0 Å². The van der Waals surface area contributed by atoms with Crippen LogP contribution in [0.2, 0.25) is 0 Å². The molecular formula is C19H31N3O3. The molecular weight excluding hydrogens is 318 g/mol. The van der Waals surface area contributed by atoms with Gasteiger partial charge in [-0.25, -0.2) is 0 Å². The second kappa shape index (κ2) is 10.8. The first-order valence-electron chi connectivity index (χ1n) is 9.46. The molecule has 0 saturated carbocycles. The molecule has 1 saturated heterocycles. The number of hydrogen-bond donors (Lipinski definition) is 1. The number of guanidine groups is 1. The number of furan rings is 1. The first-order valence-corrected chi connectivity index (χ1v) is 9.46. The van der Waals surface area contributed by atoms with Gasteiger partial charge in [-0.15, -0.1) is 0 Å². The largest absolute Gasteiger partial charge is 0.469 e. The molecule has 0 amide bonds. The van der Waals surface area contributed by atoms with Crippen molar-refractivity contribution in [2.24, 2.45) is 10.9 Å². The van der Waals surface area contributed by atoms with Gasteiger partial charge in [-0.05, 0) is 38.3 Å². The standard InChI is InChI=1S/C19H31N3O3/c1-3-5-11-20-19(21-12-8-17-7-6-15-25-17)22-13-9-16(10-14-22)18(23)24-4-2/h6-7,15-16H,3-5,8-14H2,1-2H3,(H,20,21). The number of likely N-dealkylation sites (tertiary alicyclic amines) is 1. The Bertz CT molecular complexity index is 520. The molecule has 6 nitrogen and oxygen atoms in total. The van der Waals surface area contributed by atoms with Crippen molar-refractivity contribution in [3.05, 3.63) is 24.2 Å². The molecule has 1 fully saturated rings. The Balaban J connectivity index is 1.85. The zero-order valence-electron chi connectivity index (χ0n) is 15.5. The van der Waals surface area contributed by atoms with Gasteiger partial charge in [0, 0.05) is 32.6 Å². The Labute approximate surface area is 150 Å². The number of ether oxygens (including phenoxy) is 1. The second-order valence-corrected chi connectivity index (χ2v) is 6.33. The minimum atomic E-state index is -0.0580. The topological polar surface area (TPSA) is 67.1 Å². The molecule has 2 heterocycles. The Morgan fingerprint density at radius 2 is 2.20 bits per heavy atom. The maximum absolute atomic E-state index is 11.9. The van der Waals surface area contributed by atoms with Crippen molar-refractivity contribution in [1.82, 2.24) is 10.2 Å². The van der Waals surface area contributed by atoms with E-state index in [2.05, 4.69) is 17.1 Å². The highest BCUT2D eigenvalue weighted by Gasteiger charge is 2.27. The Kier molecular flexibility index (Phi) is 8.35. The number of unbranched alkanes of at least 4 members (excludes halogenated alkanes) is 1. The first kappa shape index (κ1) is 19.3. The molecule has 1 aromatic rings. The highest BCUT2D eigenvalue weighted by molar-refractivity contribution is 5.80. The van der Waals surface area contributed by atoms with Crippen LogP contribution in [-0.4, -0.2) is 49.6 Å². The number of esters is 1. The third-order valence-corrected chi connectivity index (χ3v) is 4.42. The summed E-state index contributed by atoms with van der Waals surface area (Å²) in [7, 11) is 0. The SMILES string of the molecule is CCCCN=C(NCCc1ccco1)N1CCC(C(=O)OCC)CC1. The molecule has 0 aromatic carbocycles. The quantitative estimate of drug-likeness (QED) is 0.338. The van der Waals surface area contributed by atoms with Crippen molar-refractivity contribution < 1.29 is 13.9 Å². The summed E-state index contributed by atoms with van der Waals surface area (Å²) in [5.74, 6) is 1.89. The van der Waals surface area contributed by atoms with Crippen molar-refractivity contribution in [2.45, 2.75) is 46.0 Å². The van der Waals surface area contributed by atoms with Crippen molar-refractivity contribution in [3.63, 3.8) is 0 Å². The average molecular weight is 349 g/mol. The van der Waals surface area contributed by atoms with Crippen LogP contribution in [0.1, 0.15) is 45.3 Å². The molecule has 1 aromatic heterocycles. The van der Waals surface area contributed by atoms with Gasteiger partial charge in [-0.1, -0.05) is 13.3 Å². The van der Waals surface area contributed by atoms with Gasteiger partial charge >= 0.3 is 5.97 Å². The van der Waals surface area contributed by atoms with E-state index in [9.17, 15) is 4.79 Å². The van der Waals surface area contributed by atoms with Gasteiger partial charge in [0.05, 0.1) is 18.8 Å². The van der Waals surface area contributed by atoms with Crippen molar-refractivity contribution in [1.29, 1.82) is 0 Å². The summed E-state index contributed by atoms with van der Waals surface area (Å²) in [5, 5.41) is 3.46. The van der Waals surface area contributed by atoms with Crippen molar-refractivity contribution in [3.8, 4) is 0 Å². The van der Waals surface area contributed by atoms with Crippen LogP contribution in [0.5, 0.6) is 0 Å². The van der Waals surface area contributed by atoms with Crippen LogP contribution in [0.4, 0.5) is 0 Å². The van der Waals surface area contributed by atoms with Crippen molar-refractivity contribution >= 4 is 11.9 Å². The summed E-state index contributed by atoms with van der Waals surface area (Å²) in [4.78, 5) is 18.9. The van der Waals surface area contributed by atoms with E-state index in [0.29, 0.717) is 6.61 Å². The van der Waals surface area contributed by atoms with Gasteiger partial charge < -0.3 is 19.4 Å². The lowest BCUT2D eigenvalue weighted by molar-refractivity contribution is -0.149. The fourth-order valence-electron chi connectivity index (χ4n) is 2.95. The Morgan fingerprint density at radius 1 is 1.40 bits per heavy atom. The summed E-state index contributed by atoms with van der Waals surface area (Å²) < 4.78 is 10.5. The van der Waals surface area contributed by atoms with Gasteiger partial charge in [0.15, 0.2) is 5.96 Å². The maximum Gasteiger partial charge on any atom is 0.309 e. The smallest absolute Gasteiger partial charge is 0.309 e. The summed E-state index contributed by atoms with van der Waals surface area (Å²) in [6.07, 6.45) is 6.40. The molecule has 0 aliphatic carbocycles. The molecule has 1 N–H and O–H groups in total. The highest BCUT2D eigenvalue weighted by Crippen LogP contribution is 2.18. The fraction of sp³-hybridized carbons (Fsp3) is 0.684. The molecule has 0 radical (unpaired) electrons. The predicted molar refractivity (Wildman–Crippen MR) is 98.6 cm³/mol. The summed E-state index contributed by atoms with van der Waals surface area (Å²) in [6.45, 7) is 7.77. The molecule has 6 heteroatoms. The minimum Gasteiger partial charge on any atom is -0.469 e. The maximum atomic E-state index is 11.9. The van der Waals surface area contributed by atoms with E-state index in [4.69, 9.17) is 14.1 Å². The van der Waals surface area contributed by atoms with Crippen LogP contribution >= 0.6 is 0 Å². The number of hydrogen-bond acceptors (Lipinski definition) is 4. The third kappa shape index (κ3) is 6.44. The molecule has 25 heavy (non-hydrogen) atoms. The lowest BCUT2D eigenvalue weighted by Gasteiger charge is -2.33. The average Bonchev–Trinajstić information content (AvgIpc) is 3.14. The normalized spacial score (nSPS) is 16.1. The monoisotopic (exact) mass is 349 g/mol. The number of rotatable bonds is 8. The van der Waals surface area contributed by atoms with E-state index >= 15 is 0 Å². The number of piperidine rings is 1. The predicted octanol–water partition coefficient (Wildman–Crippen LogP) is 2.84. The molecule has 0 unspecified atom stereocenters. The third-order valence-electron chi connectivity index (χ3n) is 4.42. The summed E-state index contributed by atoms with van der Waals surface area (Å²) in [6, 6.07) is 3.89. The lowest BCUT2D eigenvalue weighted by atomic mass is 9.97. The zero-order chi connectivity index (χ0) is 17.9. The van der Waals surface area contributed by atoms with Crippen LogP contribution in [0, 0.1) is 5.92 Å². The molecule has 0 atom stereocenters.